The zero-order chi connectivity index (χ0) is 15.8. The zero-order valence-corrected chi connectivity index (χ0v) is 12.0. The van der Waals surface area contributed by atoms with Gasteiger partial charge in [0, 0.05) is 34.2 Å². The van der Waals surface area contributed by atoms with E-state index in [2.05, 4.69) is 20.3 Å². The van der Waals surface area contributed by atoms with Crippen LogP contribution in [0.4, 0.5) is 5.69 Å². The molecule has 0 spiro atoms. The number of hydrogen-bond donors (Lipinski definition) is 3. The van der Waals surface area contributed by atoms with E-state index in [1.54, 1.807) is 48.9 Å². The number of hydrogen-bond acceptors (Lipinski definition) is 3. The van der Waals surface area contributed by atoms with Gasteiger partial charge >= 0.3 is 0 Å². The van der Waals surface area contributed by atoms with E-state index in [0.717, 1.165) is 16.3 Å². The molecule has 0 bridgehead atoms. The van der Waals surface area contributed by atoms with Gasteiger partial charge in [0.1, 0.15) is 5.52 Å². The number of fused-ring (bicyclic) bond motifs is 3. The minimum absolute atomic E-state index is 0.180. The van der Waals surface area contributed by atoms with Crippen molar-refractivity contribution in [1.29, 1.82) is 0 Å². The van der Waals surface area contributed by atoms with Gasteiger partial charge in [0.15, 0.2) is 0 Å². The van der Waals surface area contributed by atoms with Gasteiger partial charge in [-0.2, -0.15) is 0 Å². The highest BCUT2D eigenvalue weighted by molar-refractivity contribution is 6.11. The summed E-state index contributed by atoms with van der Waals surface area (Å²) in [6.07, 6.45) is 4.83. The largest absolute Gasteiger partial charge is 0.350 e. The molecule has 0 atom stereocenters. The third-order valence-corrected chi connectivity index (χ3v) is 3.71. The molecule has 0 saturated carbocycles. The van der Waals surface area contributed by atoms with Crippen LogP contribution in [-0.4, -0.2) is 20.9 Å². The van der Waals surface area contributed by atoms with Crippen molar-refractivity contribution < 1.29 is 4.79 Å². The van der Waals surface area contributed by atoms with E-state index in [1.807, 2.05) is 6.07 Å². The molecule has 0 saturated heterocycles. The number of nitrogens with one attached hydrogen (secondary N) is 3. The Morgan fingerprint density at radius 3 is 2.87 bits per heavy atom. The van der Waals surface area contributed by atoms with Gasteiger partial charge in [-0.1, -0.05) is 0 Å². The Balaban J connectivity index is 1.79. The first kappa shape index (κ1) is 13.3. The third kappa shape index (κ3) is 2.26. The lowest BCUT2D eigenvalue weighted by Gasteiger charge is -2.04. The molecule has 0 fully saturated rings. The van der Waals surface area contributed by atoms with Crippen LogP contribution in [0.2, 0.25) is 0 Å². The Bertz CT molecular complexity index is 1080. The zero-order valence-electron chi connectivity index (χ0n) is 12.0. The summed E-state index contributed by atoms with van der Waals surface area (Å²) in [6.45, 7) is 0. The molecular formula is C17H12N4O2. The maximum Gasteiger partial charge on any atom is 0.272 e. The van der Waals surface area contributed by atoms with Crippen molar-refractivity contribution in [2.75, 3.05) is 5.32 Å². The highest BCUT2D eigenvalue weighted by Gasteiger charge is 2.11. The lowest BCUT2D eigenvalue weighted by Crippen LogP contribution is -2.11. The topological polar surface area (TPSA) is 90.6 Å². The quantitative estimate of drug-likeness (QED) is 0.531. The molecule has 0 radical (unpaired) electrons. The van der Waals surface area contributed by atoms with Crippen molar-refractivity contribution >= 4 is 33.4 Å². The molecule has 6 nitrogen and oxygen atoms in total. The number of carbonyl (C=O) groups is 1. The van der Waals surface area contributed by atoms with E-state index in [4.69, 9.17) is 0 Å². The molecule has 23 heavy (non-hydrogen) atoms. The van der Waals surface area contributed by atoms with Crippen molar-refractivity contribution in [1.82, 2.24) is 15.0 Å². The molecule has 0 aliphatic heterocycles. The number of aromatic nitrogens is 3. The van der Waals surface area contributed by atoms with Gasteiger partial charge in [-0.3, -0.25) is 14.6 Å². The van der Waals surface area contributed by atoms with Gasteiger partial charge in [0.25, 0.3) is 11.5 Å². The predicted octanol–water partition coefficient (Wildman–Crippen LogP) is 2.66. The minimum Gasteiger partial charge on any atom is -0.350 e. The first-order valence-electron chi connectivity index (χ1n) is 7.07. The van der Waals surface area contributed by atoms with Crippen molar-refractivity contribution in [2.24, 2.45) is 0 Å². The molecular weight excluding hydrogens is 292 g/mol. The van der Waals surface area contributed by atoms with Crippen molar-refractivity contribution in [3.05, 3.63) is 70.9 Å². The first-order valence-corrected chi connectivity index (χ1v) is 7.07. The van der Waals surface area contributed by atoms with Gasteiger partial charge in [0.05, 0.1) is 11.9 Å². The predicted molar refractivity (Wildman–Crippen MR) is 88.6 cm³/mol. The fourth-order valence-electron chi connectivity index (χ4n) is 2.62. The number of H-pyrrole nitrogens is 2. The molecule has 6 heteroatoms. The number of amides is 1. The molecule has 4 aromatic rings. The monoisotopic (exact) mass is 304 g/mol. The maximum absolute atomic E-state index is 12.4. The van der Waals surface area contributed by atoms with E-state index < -0.39 is 0 Å². The second-order valence-corrected chi connectivity index (χ2v) is 5.18. The average Bonchev–Trinajstić information content (AvgIpc) is 2.95. The number of benzene rings is 1. The van der Waals surface area contributed by atoms with Gasteiger partial charge in [-0.15, -0.1) is 0 Å². The number of pyridine rings is 2. The second kappa shape index (κ2) is 5.10. The molecule has 1 amide bonds. The molecule has 0 aliphatic carbocycles. The van der Waals surface area contributed by atoms with Crippen LogP contribution in [0, 0.1) is 0 Å². The molecule has 0 aliphatic rings. The molecule has 0 unspecified atom stereocenters. The molecule has 3 N–H and O–H groups in total. The van der Waals surface area contributed by atoms with Gasteiger partial charge in [0.2, 0.25) is 0 Å². The Kier molecular flexibility index (Phi) is 2.94. The van der Waals surface area contributed by atoms with Crippen molar-refractivity contribution in [2.45, 2.75) is 0 Å². The van der Waals surface area contributed by atoms with Gasteiger partial charge < -0.3 is 15.3 Å². The molecule has 4 rings (SSSR count). The molecule has 3 aromatic heterocycles. The third-order valence-electron chi connectivity index (χ3n) is 3.71. The van der Waals surface area contributed by atoms with Crippen LogP contribution in [0.25, 0.3) is 21.8 Å². The summed E-state index contributed by atoms with van der Waals surface area (Å²) in [6, 6.07) is 10.6. The Hall–Kier alpha value is -3.41. The highest BCUT2D eigenvalue weighted by Crippen LogP contribution is 2.24. The second-order valence-electron chi connectivity index (χ2n) is 5.18. The van der Waals surface area contributed by atoms with E-state index >= 15 is 0 Å². The Morgan fingerprint density at radius 2 is 2.04 bits per heavy atom. The summed E-state index contributed by atoms with van der Waals surface area (Å²) in [5.41, 5.74) is 2.29. The van der Waals surface area contributed by atoms with Crippen LogP contribution in [0.15, 0.2) is 59.8 Å². The smallest absolute Gasteiger partial charge is 0.272 e. The summed E-state index contributed by atoms with van der Waals surface area (Å²) in [7, 11) is 0. The van der Waals surface area contributed by atoms with Crippen LogP contribution in [0.5, 0.6) is 0 Å². The molecule has 1 aromatic carbocycles. The minimum atomic E-state index is -0.223. The van der Waals surface area contributed by atoms with E-state index in [-0.39, 0.29) is 11.5 Å². The number of nitrogens with zero attached hydrogens (tertiary/aromatic N) is 1. The number of carbonyl (C=O) groups excluding carboxylic acids is 1. The average molecular weight is 304 g/mol. The lowest BCUT2D eigenvalue weighted by atomic mass is 10.1. The van der Waals surface area contributed by atoms with Crippen LogP contribution in [0.3, 0.4) is 0 Å². The van der Waals surface area contributed by atoms with E-state index in [0.29, 0.717) is 16.8 Å². The normalized spacial score (nSPS) is 11.0. The van der Waals surface area contributed by atoms with Crippen molar-refractivity contribution in [3.8, 4) is 0 Å². The lowest BCUT2D eigenvalue weighted by molar-refractivity contribution is 0.102. The molecule has 112 valence electrons. The van der Waals surface area contributed by atoms with Crippen LogP contribution >= 0.6 is 0 Å². The highest BCUT2D eigenvalue weighted by atomic mass is 16.1. The van der Waals surface area contributed by atoms with Crippen LogP contribution < -0.4 is 10.9 Å². The summed E-state index contributed by atoms with van der Waals surface area (Å²) in [5, 5.41) is 4.42. The fraction of sp³-hybridized carbons (Fsp3) is 0. The number of rotatable bonds is 2. The van der Waals surface area contributed by atoms with E-state index in [1.165, 1.54) is 0 Å². The Labute approximate surface area is 130 Å². The number of aromatic amines is 2. The summed E-state index contributed by atoms with van der Waals surface area (Å²) < 4.78 is 0. The summed E-state index contributed by atoms with van der Waals surface area (Å²) >= 11 is 0. The molecule has 3 heterocycles. The van der Waals surface area contributed by atoms with Gasteiger partial charge in [-0.25, -0.2) is 0 Å². The standard InChI is InChI=1S/C17H12N4O2/c22-16(20-11-2-1-6-18-9-11)10-3-4-14-13(8-10)12-5-7-19-17(23)15(12)21-14/h1-9,21H,(H,19,23)(H,20,22). The van der Waals surface area contributed by atoms with Crippen molar-refractivity contribution in [3.63, 3.8) is 0 Å². The SMILES string of the molecule is O=C(Nc1cccnc1)c1ccc2[nH]c3c(=O)[nH]ccc3c2c1. The summed E-state index contributed by atoms with van der Waals surface area (Å²) in [4.78, 5) is 33.9. The number of anilines is 1. The summed E-state index contributed by atoms with van der Waals surface area (Å²) in [5.74, 6) is -0.223. The fourth-order valence-corrected chi connectivity index (χ4v) is 2.62. The van der Waals surface area contributed by atoms with E-state index in [9.17, 15) is 9.59 Å². The van der Waals surface area contributed by atoms with Crippen LogP contribution in [0.1, 0.15) is 10.4 Å². The van der Waals surface area contributed by atoms with Crippen LogP contribution in [-0.2, 0) is 0 Å². The maximum atomic E-state index is 12.4. The first-order chi connectivity index (χ1) is 11.2. The van der Waals surface area contributed by atoms with Gasteiger partial charge in [-0.05, 0) is 36.4 Å². The Morgan fingerprint density at radius 1 is 1.13 bits per heavy atom.